The summed E-state index contributed by atoms with van der Waals surface area (Å²) in [4.78, 5) is 0. The predicted octanol–water partition coefficient (Wildman–Crippen LogP) is 0.225. The van der Waals surface area contributed by atoms with E-state index in [2.05, 4.69) is 0 Å². The Morgan fingerprint density at radius 1 is 1.50 bits per heavy atom. The summed E-state index contributed by atoms with van der Waals surface area (Å²) in [7, 11) is 3.39. The summed E-state index contributed by atoms with van der Waals surface area (Å²) in [6.45, 7) is 0. The Morgan fingerprint density at radius 3 is 2.70 bits per heavy atom. The smallest absolute Gasteiger partial charge is 0.211 e. The first kappa shape index (κ1) is 6.86. The first-order valence-electron chi connectivity index (χ1n) is 2.95. The van der Waals surface area contributed by atoms with Crippen LogP contribution in [0.25, 0.3) is 0 Å². The van der Waals surface area contributed by atoms with Crippen molar-refractivity contribution in [2.75, 3.05) is 7.11 Å². The van der Waals surface area contributed by atoms with Gasteiger partial charge in [0.2, 0.25) is 12.4 Å². The van der Waals surface area contributed by atoms with Gasteiger partial charge >= 0.3 is 0 Å². The van der Waals surface area contributed by atoms with Crippen LogP contribution in [0.3, 0.4) is 0 Å². The van der Waals surface area contributed by atoms with Gasteiger partial charge in [-0.1, -0.05) is 0 Å². The number of aryl methyl sites for hydroxylation is 1. The van der Waals surface area contributed by atoms with E-state index in [0.717, 1.165) is 0 Å². The number of nitrogens with zero attached hydrogens (tertiary/aromatic N) is 1. The van der Waals surface area contributed by atoms with Gasteiger partial charge in [-0.25, -0.2) is 4.57 Å². The van der Waals surface area contributed by atoms with Gasteiger partial charge in [-0.3, -0.25) is 0 Å². The Morgan fingerprint density at radius 2 is 2.20 bits per heavy atom. The Labute approximate surface area is 59.5 Å². The van der Waals surface area contributed by atoms with Crippen molar-refractivity contribution in [1.82, 2.24) is 0 Å². The Hall–Kier alpha value is -1.25. The van der Waals surface area contributed by atoms with Gasteiger partial charge < -0.3 is 9.84 Å². The van der Waals surface area contributed by atoms with E-state index in [1.807, 2.05) is 7.05 Å². The van der Waals surface area contributed by atoms with E-state index in [1.165, 1.54) is 0 Å². The molecule has 0 saturated carbocycles. The third-order valence-electron chi connectivity index (χ3n) is 1.19. The molecular weight excluding hydrogens is 130 g/mol. The summed E-state index contributed by atoms with van der Waals surface area (Å²) in [6, 6.07) is 1.56. The first-order valence-corrected chi connectivity index (χ1v) is 2.95. The van der Waals surface area contributed by atoms with Gasteiger partial charge in [-0.2, -0.15) is 0 Å². The summed E-state index contributed by atoms with van der Waals surface area (Å²) >= 11 is 0. The zero-order valence-electron chi connectivity index (χ0n) is 6.03. The van der Waals surface area contributed by atoms with Crippen LogP contribution in [0.4, 0.5) is 0 Å². The molecule has 3 nitrogen and oxygen atoms in total. The highest BCUT2D eigenvalue weighted by Gasteiger charge is 2.00. The van der Waals surface area contributed by atoms with Crippen molar-refractivity contribution in [3.05, 3.63) is 18.5 Å². The number of aromatic hydroxyl groups is 1. The number of rotatable bonds is 1. The highest BCUT2D eigenvalue weighted by molar-refractivity contribution is 5.23. The molecule has 0 aliphatic heterocycles. The summed E-state index contributed by atoms with van der Waals surface area (Å²) in [5.41, 5.74) is 0. The molecule has 1 aromatic rings. The summed E-state index contributed by atoms with van der Waals surface area (Å²) in [5.74, 6) is 0.865. The van der Waals surface area contributed by atoms with Crippen molar-refractivity contribution in [3.63, 3.8) is 0 Å². The number of hydrogen-bond donors (Lipinski definition) is 1. The summed E-state index contributed by atoms with van der Waals surface area (Å²) < 4.78 is 6.63. The lowest BCUT2D eigenvalue weighted by molar-refractivity contribution is -0.672. The van der Waals surface area contributed by atoms with Gasteiger partial charge in [0.1, 0.15) is 7.05 Å². The van der Waals surface area contributed by atoms with Crippen molar-refractivity contribution >= 4 is 0 Å². The van der Waals surface area contributed by atoms with E-state index in [9.17, 15) is 0 Å². The van der Waals surface area contributed by atoms with Crippen LogP contribution < -0.4 is 9.30 Å². The standard InChI is InChI=1S/C7H9NO2/c1-8-4-6(9)3-7(5-8)10-2/h3-5H,1-2H3/p+1. The molecule has 10 heavy (non-hydrogen) atoms. The van der Waals surface area contributed by atoms with Gasteiger partial charge in [0.15, 0.2) is 11.5 Å². The molecule has 0 bridgehead atoms. The van der Waals surface area contributed by atoms with Crippen molar-refractivity contribution in [1.29, 1.82) is 0 Å². The van der Waals surface area contributed by atoms with Crippen LogP contribution in [0.1, 0.15) is 0 Å². The first-order chi connectivity index (χ1) is 4.72. The lowest BCUT2D eigenvalue weighted by Gasteiger charge is -1.96. The van der Waals surface area contributed by atoms with Crippen molar-refractivity contribution in [2.45, 2.75) is 0 Å². The number of ether oxygens (including phenoxy) is 1. The molecule has 1 heterocycles. The summed E-state index contributed by atoms with van der Waals surface area (Å²) in [6.07, 6.45) is 3.38. The van der Waals surface area contributed by atoms with Gasteiger partial charge in [0, 0.05) is 6.07 Å². The van der Waals surface area contributed by atoms with E-state index >= 15 is 0 Å². The van der Waals surface area contributed by atoms with Crippen molar-refractivity contribution in [3.8, 4) is 11.5 Å². The molecule has 0 aromatic carbocycles. The molecule has 0 amide bonds. The molecule has 0 atom stereocenters. The number of aromatic nitrogens is 1. The molecule has 3 heteroatoms. The molecule has 0 spiro atoms. The van der Waals surface area contributed by atoms with Crippen LogP contribution in [0.2, 0.25) is 0 Å². The maximum atomic E-state index is 9.02. The van der Waals surface area contributed by atoms with Gasteiger partial charge in [0.05, 0.1) is 7.11 Å². The molecule has 1 aromatic heterocycles. The number of hydrogen-bond acceptors (Lipinski definition) is 2. The zero-order chi connectivity index (χ0) is 7.56. The fraction of sp³-hybridized carbons (Fsp3) is 0.286. The van der Waals surface area contributed by atoms with Gasteiger partial charge in [-0.15, -0.1) is 0 Å². The van der Waals surface area contributed by atoms with Crippen molar-refractivity contribution in [2.24, 2.45) is 7.05 Å². The molecule has 0 aliphatic carbocycles. The Balaban J connectivity index is 3.06. The maximum Gasteiger partial charge on any atom is 0.211 e. The second-order valence-corrected chi connectivity index (χ2v) is 2.10. The zero-order valence-corrected chi connectivity index (χ0v) is 6.03. The lowest BCUT2D eigenvalue weighted by Crippen LogP contribution is -2.26. The third kappa shape index (κ3) is 1.37. The quantitative estimate of drug-likeness (QED) is 0.566. The van der Waals surface area contributed by atoms with Crippen LogP contribution in [0, 0.1) is 0 Å². The monoisotopic (exact) mass is 140 g/mol. The minimum Gasteiger partial charge on any atom is -0.503 e. The van der Waals surface area contributed by atoms with E-state index in [1.54, 1.807) is 30.1 Å². The third-order valence-corrected chi connectivity index (χ3v) is 1.19. The fourth-order valence-corrected chi connectivity index (χ4v) is 0.779. The molecule has 54 valence electrons. The van der Waals surface area contributed by atoms with Crippen LogP contribution >= 0.6 is 0 Å². The van der Waals surface area contributed by atoms with Gasteiger partial charge in [0.25, 0.3) is 0 Å². The molecular formula is C7H10NO2+. The Kier molecular flexibility index (Phi) is 1.76. The average Bonchev–Trinajstić information content (AvgIpc) is 1.85. The van der Waals surface area contributed by atoms with Crippen LogP contribution in [-0.2, 0) is 7.05 Å². The predicted molar refractivity (Wildman–Crippen MR) is 35.8 cm³/mol. The lowest BCUT2D eigenvalue weighted by atomic mass is 10.4. The largest absolute Gasteiger partial charge is 0.503 e. The maximum absolute atomic E-state index is 9.02. The molecule has 0 radical (unpaired) electrons. The molecule has 1 N–H and O–H groups in total. The second kappa shape index (κ2) is 2.56. The highest BCUT2D eigenvalue weighted by atomic mass is 16.5. The van der Waals surface area contributed by atoms with Crippen LogP contribution in [0.15, 0.2) is 18.5 Å². The van der Waals surface area contributed by atoms with E-state index in [0.29, 0.717) is 5.75 Å². The molecule has 0 unspecified atom stereocenters. The molecule has 0 aliphatic rings. The van der Waals surface area contributed by atoms with E-state index < -0.39 is 0 Å². The minimum absolute atomic E-state index is 0.210. The SMILES string of the molecule is COc1cc(O)c[n+](C)c1. The van der Waals surface area contributed by atoms with E-state index in [4.69, 9.17) is 9.84 Å². The van der Waals surface area contributed by atoms with Crippen LogP contribution in [-0.4, -0.2) is 12.2 Å². The fourth-order valence-electron chi connectivity index (χ4n) is 0.779. The minimum atomic E-state index is 0.210. The molecule has 0 fully saturated rings. The van der Waals surface area contributed by atoms with Crippen molar-refractivity contribution < 1.29 is 14.4 Å². The highest BCUT2D eigenvalue weighted by Crippen LogP contribution is 2.12. The molecule has 0 saturated heterocycles. The number of pyridine rings is 1. The number of methoxy groups -OCH3 is 1. The van der Waals surface area contributed by atoms with Gasteiger partial charge in [-0.05, 0) is 0 Å². The Bertz CT molecular complexity index is 215. The average molecular weight is 140 g/mol. The summed E-state index contributed by atoms with van der Waals surface area (Å²) in [5, 5.41) is 9.02. The van der Waals surface area contributed by atoms with E-state index in [-0.39, 0.29) is 5.75 Å². The topological polar surface area (TPSA) is 33.3 Å². The second-order valence-electron chi connectivity index (χ2n) is 2.10. The molecule has 1 rings (SSSR count). The normalized spacial score (nSPS) is 9.40. The van der Waals surface area contributed by atoms with Crippen LogP contribution in [0.5, 0.6) is 11.5 Å².